The first kappa shape index (κ1) is 12.8. The van der Waals surface area contributed by atoms with E-state index in [0.29, 0.717) is 24.8 Å². The van der Waals surface area contributed by atoms with E-state index in [0.717, 1.165) is 12.8 Å². The monoisotopic (exact) mass is 248 g/mol. The van der Waals surface area contributed by atoms with E-state index < -0.39 is 5.54 Å². The molecule has 1 fully saturated rings. The van der Waals surface area contributed by atoms with Crippen LogP contribution in [0.4, 0.5) is 4.39 Å². The molecule has 18 heavy (non-hydrogen) atoms. The van der Waals surface area contributed by atoms with Crippen molar-refractivity contribution in [3.63, 3.8) is 0 Å². The van der Waals surface area contributed by atoms with Crippen molar-refractivity contribution in [3.05, 3.63) is 30.1 Å². The maximum Gasteiger partial charge on any atom is 0.126 e. The molecule has 0 amide bonds. The number of nitriles is 1. The fourth-order valence-corrected chi connectivity index (χ4v) is 1.77. The van der Waals surface area contributed by atoms with Crippen LogP contribution < -0.4 is 10.1 Å². The second-order valence-corrected chi connectivity index (χ2v) is 4.92. The zero-order chi connectivity index (χ0) is 13.0. The lowest BCUT2D eigenvalue weighted by molar-refractivity contribution is 0.265. The highest BCUT2D eigenvalue weighted by Crippen LogP contribution is 2.24. The Balaban J connectivity index is 1.81. The molecule has 0 heterocycles. The minimum atomic E-state index is -0.561. The highest BCUT2D eigenvalue weighted by molar-refractivity contribution is 5.22. The molecule has 0 aromatic heterocycles. The first-order valence-corrected chi connectivity index (χ1v) is 6.19. The van der Waals surface area contributed by atoms with Crippen LogP contribution in [0.25, 0.3) is 0 Å². The molecule has 0 aliphatic heterocycles. The van der Waals surface area contributed by atoms with Gasteiger partial charge in [-0.2, -0.15) is 5.26 Å². The highest BCUT2D eigenvalue weighted by Gasteiger charge is 2.32. The zero-order valence-electron chi connectivity index (χ0n) is 10.4. The molecule has 3 nitrogen and oxygen atoms in total. The van der Waals surface area contributed by atoms with Crippen molar-refractivity contribution >= 4 is 0 Å². The Morgan fingerprint density at radius 1 is 1.56 bits per heavy atom. The Labute approximate surface area is 107 Å². The number of benzene rings is 1. The minimum absolute atomic E-state index is 0.313. The van der Waals surface area contributed by atoms with Crippen molar-refractivity contribution in [3.8, 4) is 11.8 Å². The molecule has 1 N–H and O–H groups in total. The molecule has 1 unspecified atom stereocenters. The number of halogens is 1. The molecule has 4 heteroatoms. The van der Waals surface area contributed by atoms with Gasteiger partial charge in [0.15, 0.2) is 0 Å². The van der Waals surface area contributed by atoms with E-state index in [2.05, 4.69) is 11.4 Å². The van der Waals surface area contributed by atoms with Crippen molar-refractivity contribution in [2.24, 2.45) is 0 Å². The molecule has 96 valence electrons. The van der Waals surface area contributed by atoms with Crippen LogP contribution in [0.5, 0.6) is 5.75 Å². The second-order valence-electron chi connectivity index (χ2n) is 4.92. The SMILES string of the molecule is CC(C#N)(CCOc1cccc(F)c1)NC1CC1. The summed E-state index contributed by atoms with van der Waals surface area (Å²) in [5, 5.41) is 12.5. The minimum Gasteiger partial charge on any atom is -0.493 e. The summed E-state index contributed by atoms with van der Waals surface area (Å²) in [7, 11) is 0. The number of hydrogen-bond donors (Lipinski definition) is 1. The van der Waals surface area contributed by atoms with Gasteiger partial charge in [0.1, 0.15) is 17.1 Å². The largest absolute Gasteiger partial charge is 0.493 e. The third kappa shape index (κ3) is 3.71. The van der Waals surface area contributed by atoms with Gasteiger partial charge in [0.2, 0.25) is 0 Å². The summed E-state index contributed by atoms with van der Waals surface area (Å²) in [5.41, 5.74) is -0.561. The predicted octanol–water partition coefficient (Wildman–Crippen LogP) is 2.63. The van der Waals surface area contributed by atoms with Crippen molar-refractivity contribution in [2.75, 3.05) is 6.61 Å². The lowest BCUT2D eigenvalue weighted by atomic mass is 10.0. The lowest BCUT2D eigenvalue weighted by Gasteiger charge is -2.23. The smallest absolute Gasteiger partial charge is 0.126 e. The first-order chi connectivity index (χ1) is 8.61. The van der Waals surface area contributed by atoms with E-state index in [1.807, 2.05) is 6.92 Å². The van der Waals surface area contributed by atoms with Crippen LogP contribution in [-0.4, -0.2) is 18.2 Å². The maximum absolute atomic E-state index is 12.9. The normalized spacial score (nSPS) is 17.8. The first-order valence-electron chi connectivity index (χ1n) is 6.19. The van der Waals surface area contributed by atoms with Gasteiger partial charge in [0, 0.05) is 18.5 Å². The number of rotatable bonds is 6. The van der Waals surface area contributed by atoms with Crippen LogP contribution in [0.3, 0.4) is 0 Å². The van der Waals surface area contributed by atoms with Crippen molar-refractivity contribution in [1.29, 1.82) is 5.26 Å². The van der Waals surface area contributed by atoms with Crippen LogP contribution in [-0.2, 0) is 0 Å². The average Bonchev–Trinajstić information content (AvgIpc) is 3.13. The molecule has 1 aromatic carbocycles. The van der Waals surface area contributed by atoms with Gasteiger partial charge in [-0.25, -0.2) is 4.39 Å². The molecule has 0 radical (unpaired) electrons. The van der Waals surface area contributed by atoms with Crippen LogP contribution in [0.1, 0.15) is 26.2 Å². The Morgan fingerprint density at radius 3 is 2.94 bits per heavy atom. The summed E-state index contributed by atoms with van der Waals surface area (Å²) in [5.74, 6) is 0.188. The van der Waals surface area contributed by atoms with Gasteiger partial charge >= 0.3 is 0 Å². The molecule has 1 saturated carbocycles. The summed E-state index contributed by atoms with van der Waals surface area (Å²) in [6.45, 7) is 2.27. The average molecular weight is 248 g/mol. The molecule has 1 atom stereocenters. The Hall–Kier alpha value is -1.60. The summed E-state index contributed by atoms with van der Waals surface area (Å²) < 4.78 is 18.4. The van der Waals surface area contributed by atoms with Crippen molar-refractivity contribution < 1.29 is 9.13 Å². The molecular weight excluding hydrogens is 231 g/mol. The zero-order valence-corrected chi connectivity index (χ0v) is 10.4. The number of nitrogens with one attached hydrogen (secondary N) is 1. The number of ether oxygens (including phenoxy) is 1. The summed E-state index contributed by atoms with van der Waals surface area (Å²) in [6, 6.07) is 8.80. The third-order valence-electron chi connectivity index (χ3n) is 3.01. The fraction of sp³-hybridized carbons (Fsp3) is 0.500. The lowest BCUT2D eigenvalue weighted by Crippen LogP contribution is -2.43. The van der Waals surface area contributed by atoms with E-state index in [9.17, 15) is 9.65 Å². The maximum atomic E-state index is 12.9. The quantitative estimate of drug-likeness (QED) is 0.841. The van der Waals surface area contributed by atoms with Gasteiger partial charge in [0.05, 0.1) is 12.7 Å². The van der Waals surface area contributed by atoms with Crippen molar-refractivity contribution in [1.82, 2.24) is 5.32 Å². The van der Waals surface area contributed by atoms with Crippen LogP contribution in [0, 0.1) is 17.1 Å². The second kappa shape index (κ2) is 5.36. The van der Waals surface area contributed by atoms with E-state index in [4.69, 9.17) is 4.74 Å². The van der Waals surface area contributed by atoms with Crippen molar-refractivity contribution in [2.45, 2.75) is 37.8 Å². The molecule has 2 rings (SSSR count). The van der Waals surface area contributed by atoms with E-state index in [1.165, 1.54) is 12.1 Å². The third-order valence-corrected chi connectivity index (χ3v) is 3.01. The Kier molecular flexibility index (Phi) is 3.83. The molecule has 1 aromatic rings. The molecule has 0 bridgehead atoms. The van der Waals surface area contributed by atoms with Crippen LogP contribution in [0.15, 0.2) is 24.3 Å². The molecular formula is C14H17FN2O. The van der Waals surface area contributed by atoms with Gasteiger partial charge in [-0.3, -0.25) is 5.32 Å². The highest BCUT2D eigenvalue weighted by atomic mass is 19.1. The number of hydrogen-bond acceptors (Lipinski definition) is 3. The molecule has 1 aliphatic rings. The van der Waals surface area contributed by atoms with E-state index >= 15 is 0 Å². The van der Waals surface area contributed by atoms with E-state index in [1.54, 1.807) is 12.1 Å². The standard InChI is InChI=1S/C14H17FN2O/c1-14(10-16,17-12-5-6-12)7-8-18-13-4-2-3-11(15)9-13/h2-4,9,12,17H,5-8H2,1H3. The Bertz CT molecular complexity index is 453. The van der Waals surface area contributed by atoms with Crippen LogP contribution >= 0.6 is 0 Å². The summed E-state index contributed by atoms with van der Waals surface area (Å²) in [4.78, 5) is 0. The van der Waals surface area contributed by atoms with Gasteiger partial charge in [0.25, 0.3) is 0 Å². The molecule has 1 aliphatic carbocycles. The molecule has 0 saturated heterocycles. The topological polar surface area (TPSA) is 45.0 Å². The van der Waals surface area contributed by atoms with Crippen LogP contribution in [0.2, 0.25) is 0 Å². The van der Waals surface area contributed by atoms with Gasteiger partial charge < -0.3 is 4.74 Å². The number of nitrogens with zero attached hydrogens (tertiary/aromatic N) is 1. The Morgan fingerprint density at radius 2 is 2.33 bits per heavy atom. The van der Waals surface area contributed by atoms with E-state index in [-0.39, 0.29) is 5.82 Å². The van der Waals surface area contributed by atoms with Gasteiger partial charge in [-0.15, -0.1) is 0 Å². The molecule has 0 spiro atoms. The van der Waals surface area contributed by atoms with Gasteiger partial charge in [-0.1, -0.05) is 6.07 Å². The summed E-state index contributed by atoms with van der Waals surface area (Å²) >= 11 is 0. The fourth-order valence-electron chi connectivity index (χ4n) is 1.77. The predicted molar refractivity (Wildman–Crippen MR) is 66.7 cm³/mol. The summed E-state index contributed by atoms with van der Waals surface area (Å²) in [6.07, 6.45) is 2.86. The van der Waals surface area contributed by atoms with Gasteiger partial charge in [-0.05, 0) is 31.9 Å².